The molecule has 9 heteroatoms. The van der Waals surface area contributed by atoms with E-state index in [2.05, 4.69) is 4.90 Å². The largest absolute Gasteiger partial charge is 0.463 e. The fourth-order valence-corrected chi connectivity index (χ4v) is 3.63. The predicted molar refractivity (Wildman–Crippen MR) is 117 cm³/mol. The van der Waals surface area contributed by atoms with Gasteiger partial charge in [0.15, 0.2) is 0 Å². The van der Waals surface area contributed by atoms with Gasteiger partial charge in [0.25, 0.3) is 5.56 Å². The fraction of sp³-hybridized carbons (Fsp3) is 0.500. The maximum absolute atomic E-state index is 12.6. The number of benzene rings is 1. The minimum Gasteiger partial charge on any atom is -0.463 e. The average molecular weight is 431 g/mol. The number of esters is 1. The second kappa shape index (κ2) is 10.0. The monoisotopic (exact) mass is 430 g/mol. The Bertz CT molecular complexity index is 1040. The molecule has 0 aliphatic carbocycles. The van der Waals surface area contributed by atoms with Crippen LogP contribution in [0, 0.1) is 6.92 Å². The molecule has 1 atom stereocenters. The molecule has 9 nitrogen and oxygen atoms in total. The molecule has 0 spiro atoms. The highest BCUT2D eigenvalue weighted by molar-refractivity contribution is 5.76. The highest BCUT2D eigenvalue weighted by Crippen LogP contribution is 2.19. The van der Waals surface area contributed by atoms with Gasteiger partial charge < -0.3 is 19.8 Å². The molecule has 168 valence electrons. The van der Waals surface area contributed by atoms with Crippen LogP contribution in [0.15, 0.2) is 33.9 Å². The van der Waals surface area contributed by atoms with Crippen LogP contribution in [0.25, 0.3) is 11.1 Å². The lowest BCUT2D eigenvalue weighted by Crippen LogP contribution is -2.40. The Hall–Kier alpha value is -2.75. The van der Waals surface area contributed by atoms with Crippen LogP contribution in [0.4, 0.5) is 0 Å². The van der Waals surface area contributed by atoms with E-state index in [1.54, 1.807) is 26.1 Å². The van der Waals surface area contributed by atoms with Crippen LogP contribution < -0.4 is 17.0 Å². The van der Waals surface area contributed by atoms with Gasteiger partial charge in [-0.05, 0) is 24.5 Å². The molecule has 1 unspecified atom stereocenters. The Morgan fingerprint density at radius 1 is 1.13 bits per heavy atom. The lowest BCUT2D eigenvalue weighted by molar-refractivity contribution is -0.145. The van der Waals surface area contributed by atoms with Crippen LogP contribution in [0.3, 0.4) is 0 Å². The van der Waals surface area contributed by atoms with E-state index in [4.69, 9.17) is 15.2 Å². The van der Waals surface area contributed by atoms with Crippen molar-refractivity contribution in [3.8, 4) is 11.1 Å². The van der Waals surface area contributed by atoms with E-state index in [0.29, 0.717) is 49.6 Å². The van der Waals surface area contributed by atoms with Gasteiger partial charge in [-0.25, -0.2) is 4.79 Å². The molecule has 1 aromatic heterocycles. The molecule has 1 saturated heterocycles. The molecular formula is C22H30N4O5. The highest BCUT2D eigenvalue weighted by Gasteiger charge is 2.18. The summed E-state index contributed by atoms with van der Waals surface area (Å²) >= 11 is 0. The first kappa shape index (κ1) is 22.9. The van der Waals surface area contributed by atoms with Crippen molar-refractivity contribution in [2.24, 2.45) is 19.8 Å². The third kappa shape index (κ3) is 5.30. The summed E-state index contributed by atoms with van der Waals surface area (Å²) in [6.45, 7) is 5.81. The van der Waals surface area contributed by atoms with E-state index in [1.807, 2.05) is 12.1 Å². The van der Waals surface area contributed by atoms with Gasteiger partial charge in [-0.1, -0.05) is 24.3 Å². The third-order valence-electron chi connectivity index (χ3n) is 5.71. The number of hydrogen-bond donors (Lipinski definition) is 1. The van der Waals surface area contributed by atoms with Crippen LogP contribution in [0.1, 0.15) is 11.3 Å². The van der Waals surface area contributed by atoms with Crippen molar-refractivity contribution in [2.75, 3.05) is 39.5 Å². The minimum atomic E-state index is -0.761. The summed E-state index contributed by atoms with van der Waals surface area (Å²) in [5, 5.41) is 0. The quantitative estimate of drug-likeness (QED) is 0.606. The zero-order chi connectivity index (χ0) is 22.5. The standard InChI is InChI=1S/C22H30N4O5/c1-15-19(20(27)25(3)22(29)24(15)2)17-6-4-16(5-7-17)14-18(23)21(28)31-13-10-26-8-11-30-12-9-26/h4-7,18H,8-14,23H2,1-3H3. The molecule has 31 heavy (non-hydrogen) atoms. The third-order valence-corrected chi connectivity index (χ3v) is 5.71. The van der Waals surface area contributed by atoms with E-state index in [-0.39, 0.29) is 11.2 Å². The number of carbonyl (C=O) groups excluding carboxylic acids is 1. The molecule has 2 aromatic rings. The molecule has 1 aliphatic rings. The van der Waals surface area contributed by atoms with E-state index < -0.39 is 12.0 Å². The lowest BCUT2D eigenvalue weighted by atomic mass is 10.0. The smallest absolute Gasteiger partial charge is 0.330 e. The second-order valence-corrected chi connectivity index (χ2v) is 7.80. The summed E-state index contributed by atoms with van der Waals surface area (Å²) in [5.41, 5.74) is 7.97. The molecule has 0 radical (unpaired) electrons. The molecule has 0 amide bonds. The topological polar surface area (TPSA) is 109 Å². The zero-order valence-electron chi connectivity index (χ0n) is 18.3. The van der Waals surface area contributed by atoms with Gasteiger partial charge in [0.2, 0.25) is 0 Å². The molecule has 1 aliphatic heterocycles. The van der Waals surface area contributed by atoms with Gasteiger partial charge in [-0.3, -0.25) is 19.1 Å². The zero-order valence-corrected chi connectivity index (χ0v) is 18.3. The Kier molecular flexibility index (Phi) is 7.42. The van der Waals surface area contributed by atoms with Gasteiger partial charge in [0.1, 0.15) is 12.6 Å². The van der Waals surface area contributed by atoms with Gasteiger partial charge in [0.05, 0.1) is 18.8 Å². The van der Waals surface area contributed by atoms with Gasteiger partial charge in [-0.2, -0.15) is 0 Å². The molecule has 2 N–H and O–H groups in total. The van der Waals surface area contributed by atoms with Crippen molar-refractivity contribution >= 4 is 5.97 Å². The first-order chi connectivity index (χ1) is 14.8. The van der Waals surface area contributed by atoms with Crippen molar-refractivity contribution in [1.29, 1.82) is 0 Å². The van der Waals surface area contributed by atoms with Crippen LogP contribution in [-0.4, -0.2) is 65.5 Å². The number of morpholine rings is 1. The number of ether oxygens (including phenoxy) is 2. The van der Waals surface area contributed by atoms with Crippen molar-refractivity contribution in [1.82, 2.24) is 14.0 Å². The molecule has 1 aromatic carbocycles. The number of carbonyl (C=O) groups is 1. The van der Waals surface area contributed by atoms with Crippen molar-refractivity contribution in [3.63, 3.8) is 0 Å². The summed E-state index contributed by atoms with van der Waals surface area (Å²) in [5.74, 6) is -0.430. The van der Waals surface area contributed by atoms with E-state index in [0.717, 1.165) is 23.2 Å². The number of aromatic nitrogens is 2. The summed E-state index contributed by atoms with van der Waals surface area (Å²) in [4.78, 5) is 39.0. The maximum atomic E-state index is 12.6. The van der Waals surface area contributed by atoms with E-state index in [1.165, 1.54) is 11.6 Å². The fourth-order valence-electron chi connectivity index (χ4n) is 3.63. The van der Waals surface area contributed by atoms with Gasteiger partial charge in [-0.15, -0.1) is 0 Å². The number of nitrogens with two attached hydrogens (primary N) is 1. The molecule has 1 fully saturated rings. The number of nitrogens with zero attached hydrogens (tertiary/aromatic N) is 3. The average Bonchev–Trinajstić information content (AvgIpc) is 2.78. The SMILES string of the molecule is Cc1c(-c2ccc(CC(N)C(=O)OCCN3CCOCC3)cc2)c(=O)n(C)c(=O)n1C. The van der Waals surface area contributed by atoms with Crippen LogP contribution in [0.5, 0.6) is 0 Å². The molecular weight excluding hydrogens is 400 g/mol. The molecule has 3 rings (SSSR count). The van der Waals surface area contributed by atoms with Crippen molar-refractivity contribution in [2.45, 2.75) is 19.4 Å². The Morgan fingerprint density at radius 2 is 1.77 bits per heavy atom. The minimum absolute atomic E-state index is 0.306. The molecule has 0 bridgehead atoms. The summed E-state index contributed by atoms with van der Waals surface area (Å²) in [6.07, 6.45) is 0.334. The normalized spacial score (nSPS) is 15.6. The Morgan fingerprint density at radius 3 is 2.42 bits per heavy atom. The Balaban J connectivity index is 1.61. The van der Waals surface area contributed by atoms with E-state index in [9.17, 15) is 14.4 Å². The van der Waals surface area contributed by atoms with Crippen LogP contribution in [-0.2, 0) is 34.8 Å². The second-order valence-electron chi connectivity index (χ2n) is 7.80. The number of rotatable bonds is 7. The predicted octanol–water partition coefficient (Wildman–Crippen LogP) is -0.195. The van der Waals surface area contributed by atoms with Gasteiger partial charge in [0, 0.05) is 39.4 Å². The van der Waals surface area contributed by atoms with E-state index >= 15 is 0 Å². The first-order valence-corrected chi connectivity index (χ1v) is 10.4. The summed E-state index contributed by atoms with van der Waals surface area (Å²) in [6, 6.07) is 6.52. The lowest BCUT2D eigenvalue weighted by Gasteiger charge is -2.26. The van der Waals surface area contributed by atoms with Crippen LogP contribution in [0.2, 0.25) is 0 Å². The molecule has 0 saturated carbocycles. The number of hydrogen-bond acceptors (Lipinski definition) is 7. The highest BCUT2D eigenvalue weighted by atomic mass is 16.5. The van der Waals surface area contributed by atoms with Crippen molar-refractivity contribution in [3.05, 3.63) is 56.4 Å². The Labute approximate surface area is 181 Å². The van der Waals surface area contributed by atoms with Crippen molar-refractivity contribution < 1.29 is 14.3 Å². The van der Waals surface area contributed by atoms with Crippen LogP contribution >= 0.6 is 0 Å². The van der Waals surface area contributed by atoms with Gasteiger partial charge >= 0.3 is 11.7 Å². The first-order valence-electron chi connectivity index (χ1n) is 10.4. The molecule has 2 heterocycles. The maximum Gasteiger partial charge on any atom is 0.330 e. The summed E-state index contributed by atoms with van der Waals surface area (Å²) < 4.78 is 13.2. The summed E-state index contributed by atoms with van der Waals surface area (Å²) in [7, 11) is 3.10.